The van der Waals surface area contributed by atoms with Crippen LogP contribution in [-0.4, -0.2) is 24.6 Å². The van der Waals surface area contributed by atoms with Crippen LogP contribution in [0.3, 0.4) is 0 Å². The van der Waals surface area contributed by atoms with Gasteiger partial charge >= 0.3 is 5.97 Å². The van der Waals surface area contributed by atoms with Crippen molar-refractivity contribution < 1.29 is 24.2 Å². The van der Waals surface area contributed by atoms with Crippen molar-refractivity contribution in [2.45, 2.75) is 79.1 Å². The van der Waals surface area contributed by atoms with Crippen LogP contribution in [0.2, 0.25) is 0 Å². The van der Waals surface area contributed by atoms with Crippen molar-refractivity contribution in [2.24, 2.45) is 34.5 Å². The van der Waals surface area contributed by atoms with E-state index in [1.54, 1.807) is 6.92 Å². The van der Waals surface area contributed by atoms with Gasteiger partial charge in [-0.2, -0.15) is 4.89 Å². The Labute approximate surface area is 174 Å². The van der Waals surface area contributed by atoms with Crippen LogP contribution in [0.5, 0.6) is 0 Å². The van der Waals surface area contributed by atoms with Crippen molar-refractivity contribution >= 4 is 17.5 Å². The Morgan fingerprint density at radius 3 is 2.31 bits per heavy atom. The summed E-state index contributed by atoms with van der Waals surface area (Å²) in [5, 5.41) is 0. The molecule has 0 aromatic rings. The van der Waals surface area contributed by atoms with Crippen molar-refractivity contribution in [3.63, 3.8) is 0 Å². The Hall–Kier alpha value is -1.49. The van der Waals surface area contributed by atoms with Crippen LogP contribution in [0.25, 0.3) is 0 Å². The van der Waals surface area contributed by atoms with E-state index >= 15 is 0 Å². The molecule has 0 aromatic carbocycles. The van der Waals surface area contributed by atoms with Gasteiger partial charge < -0.3 is 0 Å². The lowest BCUT2D eigenvalue weighted by atomic mass is 9.47. The van der Waals surface area contributed by atoms with E-state index in [1.807, 2.05) is 6.08 Å². The fraction of sp³-hybridized carbons (Fsp3) is 0.792. The highest BCUT2D eigenvalue weighted by Gasteiger charge is 2.59. The zero-order valence-electron chi connectivity index (χ0n) is 18.6. The number of fused-ring (bicyclic) bond motifs is 5. The fourth-order valence-corrected chi connectivity index (χ4v) is 7.34. The quantitative estimate of drug-likeness (QED) is 0.487. The van der Waals surface area contributed by atoms with Crippen LogP contribution >= 0.6 is 0 Å². The summed E-state index contributed by atoms with van der Waals surface area (Å²) < 4.78 is 0. The Morgan fingerprint density at radius 1 is 1.00 bits per heavy atom. The first-order valence-corrected chi connectivity index (χ1v) is 11.1. The number of ketones is 2. The summed E-state index contributed by atoms with van der Waals surface area (Å²) in [5.41, 5.74) is 1.95. The van der Waals surface area contributed by atoms with Gasteiger partial charge in [0.15, 0.2) is 5.78 Å². The second-order valence-electron chi connectivity index (χ2n) is 10.00. The van der Waals surface area contributed by atoms with Crippen molar-refractivity contribution in [2.75, 3.05) is 7.11 Å². The minimum absolute atomic E-state index is 0.245. The largest absolute Gasteiger partial charge is 0.339 e. The van der Waals surface area contributed by atoms with Gasteiger partial charge in [-0.1, -0.05) is 19.4 Å². The number of Topliss-reactive ketones (excluding diaryl/α,β-unsaturated/α-hetero) is 1. The van der Waals surface area contributed by atoms with E-state index in [1.165, 1.54) is 45.3 Å². The molecule has 0 saturated heterocycles. The lowest BCUT2D eigenvalue weighted by Gasteiger charge is -2.58. The first-order valence-electron chi connectivity index (χ1n) is 11.1. The molecular formula is C24H36O5. The molecule has 0 unspecified atom stereocenters. The highest BCUT2D eigenvalue weighted by Crippen LogP contribution is 2.66. The Kier molecular flexibility index (Phi) is 6.38. The maximum atomic E-state index is 12.1. The van der Waals surface area contributed by atoms with E-state index in [0.717, 1.165) is 43.4 Å². The number of allylic oxidation sites excluding steroid dienone is 1. The molecule has 5 nitrogen and oxygen atoms in total. The molecule has 0 N–H and O–H groups in total. The minimum Gasteiger partial charge on any atom is -0.300 e. The van der Waals surface area contributed by atoms with Gasteiger partial charge in [0.05, 0.1) is 7.11 Å². The van der Waals surface area contributed by atoms with Gasteiger partial charge in [0.1, 0.15) is 5.78 Å². The first kappa shape index (κ1) is 22.2. The first-order chi connectivity index (χ1) is 13.6. The summed E-state index contributed by atoms with van der Waals surface area (Å²) in [7, 11) is 1.28. The molecule has 3 fully saturated rings. The molecule has 3 saturated carbocycles. The average Bonchev–Trinajstić information content (AvgIpc) is 3.00. The van der Waals surface area contributed by atoms with E-state index in [0.29, 0.717) is 17.5 Å². The van der Waals surface area contributed by atoms with E-state index in [4.69, 9.17) is 0 Å². The summed E-state index contributed by atoms with van der Waals surface area (Å²) in [6.07, 6.45) is 10.9. The van der Waals surface area contributed by atoms with Crippen LogP contribution < -0.4 is 0 Å². The van der Waals surface area contributed by atoms with Crippen molar-refractivity contribution in [3.8, 4) is 0 Å². The Morgan fingerprint density at radius 2 is 1.72 bits per heavy atom. The van der Waals surface area contributed by atoms with Crippen molar-refractivity contribution in [1.82, 2.24) is 0 Å². The standard InChI is InChI=1S/C21H30O2.C3H6O3/c1-13(22)17-6-7-18-16-5-4-14-12-15(23)8-10-20(14,2)19(16)9-11-21(17,18)3;1-3(4)6-5-2/h12,16-19H,4-11H2,1-3H3;1-2H3/t16-,17+,18-,19-,20-,21+;/m0./s1. The van der Waals surface area contributed by atoms with Gasteiger partial charge in [-0.15, -0.1) is 0 Å². The zero-order chi connectivity index (χ0) is 21.4. The molecule has 5 heteroatoms. The van der Waals surface area contributed by atoms with Gasteiger partial charge in [0.25, 0.3) is 0 Å². The maximum Gasteiger partial charge on any atom is 0.339 e. The molecule has 162 valence electrons. The minimum atomic E-state index is -0.433. The molecule has 0 amide bonds. The summed E-state index contributed by atoms with van der Waals surface area (Å²) in [5.74, 6) is 2.86. The monoisotopic (exact) mass is 404 g/mol. The molecule has 4 rings (SSSR count). The van der Waals surface area contributed by atoms with Gasteiger partial charge in [0, 0.05) is 19.3 Å². The molecule has 4 aliphatic rings. The Balaban J connectivity index is 0.000000353. The number of hydrogen-bond acceptors (Lipinski definition) is 5. The third kappa shape index (κ3) is 3.95. The molecular weight excluding hydrogens is 368 g/mol. The third-order valence-corrected chi connectivity index (χ3v) is 8.65. The molecule has 29 heavy (non-hydrogen) atoms. The number of carbonyl (C=O) groups excluding carboxylic acids is 3. The smallest absolute Gasteiger partial charge is 0.300 e. The third-order valence-electron chi connectivity index (χ3n) is 8.65. The van der Waals surface area contributed by atoms with E-state index in [2.05, 4.69) is 23.6 Å². The summed E-state index contributed by atoms with van der Waals surface area (Å²) in [6.45, 7) is 7.91. The molecule has 0 aromatic heterocycles. The predicted octanol–water partition coefficient (Wildman–Crippen LogP) is 4.83. The normalized spacial score (nSPS) is 40.4. The summed E-state index contributed by atoms with van der Waals surface area (Å²) in [6, 6.07) is 0. The molecule has 6 atom stereocenters. The van der Waals surface area contributed by atoms with Crippen LogP contribution in [0.4, 0.5) is 0 Å². The lowest BCUT2D eigenvalue weighted by Crippen LogP contribution is -2.51. The summed E-state index contributed by atoms with van der Waals surface area (Å²) >= 11 is 0. The second-order valence-corrected chi connectivity index (χ2v) is 10.00. The number of carbonyl (C=O) groups is 3. The van der Waals surface area contributed by atoms with E-state index in [-0.39, 0.29) is 10.8 Å². The van der Waals surface area contributed by atoms with Crippen LogP contribution in [0.1, 0.15) is 79.1 Å². The second kappa shape index (κ2) is 8.33. The van der Waals surface area contributed by atoms with Gasteiger partial charge in [-0.3, -0.25) is 14.5 Å². The topological polar surface area (TPSA) is 69.7 Å². The highest BCUT2D eigenvalue weighted by molar-refractivity contribution is 5.91. The summed E-state index contributed by atoms with van der Waals surface area (Å²) in [4.78, 5) is 41.6. The maximum absolute atomic E-state index is 12.1. The zero-order valence-corrected chi connectivity index (χ0v) is 18.6. The van der Waals surface area contributed by atoms with Gasteiger partial charge in [-0.25, -0.2) is 4.79 Å². The van der Waals surface area contributed by atoms with Crippen LogP contribution in [0.15, 0.2) is 11.6 Å². The molecule has 0 aliphatic heterocycles. The molecule has 0 radical (unpaired) electrons. The van der Waals surface area contributed by atoms with Crippen LogP contribution in [-0.2, 0) is 24.2 Å². The van der Waals surface area contributed by atoms with Gasteiger partial charge in [0.2, 0.25) is 0 Å². The molecule has 0 heterocycles. The highest BCUT2D eigenvalue weighted by atomic mass is 17.2. The van der Waals surface area contributed by atoms with Crippen molar-refractivity contribution in [1.29, 1.82) is 0 Å². The average molecular weight is 405 g/mol. The number of hydrogen-bond donors (Lipinski definition) is 0. The SMILES string of the molecule is CC(=O)[C@H]1CC[C@H]2[C@@H]3CCC4=CC(=O)CC[C@]4(C)[C@H]3CC[C@]12C.COOC(C)=O. The van der Waals surface area contributed by atoms with Gasteiger partial charge in [-0.05, 0) is 86.5 Å². The lowest BCUT2D eigenvalue weighted by molar-refractivity contribution is -0.252. The van der Waals surface area contributed by atoms with E-state index in [9.17, 15) is 14.4 Å². The fourth-order valence-electron chi connectivity index (χ4n) is 7.34. The number of rotatable bonds is 2. The van der Waals surface area contributed by atoms with Crippen molar-refractivity contribution in [3.05, 3.63) is 11.6 Å². The van der Waals surface area contributed by atoms with E-state index < -0.39 is 5.97 Å². The molecule has 0 spiro atoms. The van der Waals surface area contributed by atoms with Crippen LogP contribution in [0, 0.1) is 34.5 Å². The Bertz CT molecular complexity index is 710. The molecule has 0 bridgehead atoms. The molecule has 4 aliphatic carbocycles. The predicted molar refractivity (Wildman–Crippen MR) is 110 cm³/mol.